The van der Waals surface area contributed by atoms with Crippen molar-refractivity contribution >= 4 is 15.9 Å². The molecule has 0 N–H and O–H groups in total. The van der Waals surface area contributed by atoms with Crippen LogP contribution in [0.1, 0.15) is 27.2 Å². The number of sulfone groups is 1. The molecule has 1 aliphatic heterocycles. The molecule has 7 heteroatoms. The molecule has 19 heavy (non-hydrogen) atoms. The van der Waals surface area contributed by atoms with Crippen LogP contribution >= 0.6 is 0 Å². The highest BCUT2D eigenvalue weighted by molar-refractivity contribution is 7.91. The van der Waals surface area contributed by atoms with Crippen molar-refractivity contribution in [1.82, 2.24) is 4.90 Å². The van der Waals surface area contributed by atoms with Crippen molar-refractivity contribution < 1.29 is 22.7 Å². The van der Waals surface area contributed by atoms with Crippen molar-refractivity contribution in [1.29, 1.82) is 0 Å². The molecule has 0 aromatic rings. The number of methoxy groups -OCH3 is 1. The summed E-state index contributed by atoms with van der Waals surface area (Å²) < 4.78 is 33.3. The summed E-state index contributed by atoms with van der Waals surface area (Å²) in [5, 5.41) is 0. The van der Waals surface area contributed by atoms with Crippen molar-refractivity contribution in [2.45, 2.75) is 38.8 Å². The number of amides is 1. The van der Waals surface area contributed by atoms with Crippen LogP contribution in [0.25, 0.3) is 0 Å². The number of nitrogens with zero attached hydrogens (tertiary/aromatic N) is 1. The molecule has 1 amide bonds. The molecular formula is C12H23NO5S. The lowest BCUT2D eigenvalue weighted by atomic mass is 10.2. The molecule has 6 nitrogen and oxygen atoms in total. The van der Waals surface area contributed by atoms with Gasteiger partial charge in [-0.25, -0.2) is 13.2 Å². The molecule has 0 radical (unpaired) electrons. The maximum atomic E-state index is 12.1. The average molecular weight is 293 g/mol. The number of hydrogen-bond donors (Lipinski definition) is 0. The summed E-state index contributed by atoms with van der Waals surface area (Å²) in [6.07, 6.45) is -0.0164. The Labute approximate surface area is 115 Å². The Balaban J connectivity index is 2.74. The zero-order valence-corrected chi connectivity index (χ0v) is 12.8. The van der Waals surface area contributed by atoms with Gasteiger partial charge in [0.2, 0.25) is 0 Å². The molecule has 0 spiro atoms. The van der Waals surface area contributed by atoms with Crippen molar-refractivity contribution in [3.8, 4) is 0 Å². The largest absolute Gasteiger partial charge is 0.444 e. The predicted octanol–water partition coefficient (Wildman–Crippen LogP) is 1.06. The van der Waals surface area contributed by atoms with E-state index in [4.69, 9.17) is 9.47 Å². The van der Waals surface area contributed by atoms with Gasteiger partial charge >= 0.3 is 6.09 Å². The molecule has 1 heterocycles. The minimum atomic E-state index is -3.03. The molecule has 112 valence electrons. The maximum Gasteiger partial charge on any atom is 0.410 e. The van der Waals surface area contributed by atoms with E-state index in [0.29, 0.717) is 19.6 Å². The summed E-state index contributed by atoms with van der Waals surface area (Å²) in [5.74, 6) is 0.139. The van der Waals surface area contributed by atoms with Crippen LogP contribution in [0, 0.1) is 0 Å². The molecule has 0 bridgehead atoms. The van der Waals surface area contributed by atoms with Crippen LogP contribution in [-0.4, -0.2) is 62.8 Å². The standard InChI is InChI=1S/C12H23NO5S/c1-12(2,3)18-11(14)13(6-7-17-4)10-5-8-19(15,16)9-10/h10H,5-9H2,1-4H3. The van der Waals surface area contributed by atoms with E-state index in [0.717, 1.165) is 0 Å². The minimum Gasteiger partial charge on any atom is -0.444 e. The average Bonchev–Trinajstić information content (AvgIpc) is 2.57. The number of carbonyl (C=O) groups excluding carboxylic acids is 1. The SMILES string of the molecule is COCCN(C(=O)OC(C)(C)C)C1CCS(=O)(=O)C1. The molecule has 1 saturated heterocycles. The lowest BCUT2D eigenvalue weighted by Gasteiger charge is -2.30. The van der Waals surface area contributed by atoms with Gasteiger partial charge < -0.3 is 14.4 Å². The fourth-order valence-corrected chi connectivity index (χ4v) is 3.69. The fraction of sp³-hybridized carbons (Fsp3) is 0.917. The fourth-order valence-electron chi connectivity index (χ4n) is 1.95. The van der Waals surface area contributed by atoms with E-state index in [9.17, 15) is 13.2 Å². The molecule has 1 atom stereocenters. The quantitative estimate of drug-likeness (QED) is 0.775. The predicted molar refractivity (Wildman–Crippen MR) is 71.9 cm³/mol. The number of ether oxygens (including phenoxy) is 2. The van der Waals surface area contributed by atoms with Gasteiger partial charge in [-0.15, -0.1) is 0 Å². The zero-order valence-electron chi connectivity index (χ0n) is 12.0. The summed E-state index contributed by atoms with van der Waals surface area (Å²) in [4.78, 5) is 13.6. The van der Waals surface area contributed by atoms with Crippen molar-refractivity contribution in [2.24, 2.45) is 0 Å². The number of hydrogen-bond acceptors (Lipinski definition) is 5. The first-order chi connectivity index (χ1) is 8.64. The van der Waals surface area contributed by atoms with Crippen LogP contribution < -0.4 is 0 Å². The number of carbonyl (C=O) groups is 1. The molecule has 1 aliphatic rings. The zero-order chi connectivity index (χ0) is 14.7. The van der Waals surface area contributed by atoms with E-state index < -0.39 is 21.5 Å². The minimum absolute atomic E-state index is 0.00988. The van der Waals surface area contributed by atoms with Gasteiger partial charge in [0, 0.05) is 13.7 Å². The molecule has 0 saturated carbocycles. The van der Waals surface area contributed by atoms with E-state index in [1.54, 1.807) is 27.9 Å². The Morgan fingerprint density at radius 3 is 2.42 bits per heavy atom. The van der Waals surface area contributed by atoms with E-state index in [1.807, 2.05) is 0 Å². The molecule has 1 rings (SSSR count). The Bertz CT molecular complexity index is 412. The van der Waals surface area contributed by atoms with E-state index >= 15 is 0 Å². The van der Waals surface area contributed by atoms with Crippen molar-refractivity contribution in [3.63, 3.8) is 0 Å². The Morgan fingerprint density at radius 1 is 1.37 bits per heavy atom. The van der Waals surface area contributed by atoms with Crippen LogP contribution in [0.15, 0.2) is 0 Å². The molecule has 1 unspecified atom stereocenters. The first-order valence-corrected chi connectivity index (χ1v) is 8.16. The monoisotopic (exact) mass is 293 g/mol. The van der Waals surface area contributed by atoms with Gasteiger partial charge in [0.25, 0.3) is 0 Å². The normalized spacial score (nSPS) is 22.2. The summed E-state index contributed by atoms with van der Waals surface area (Å²) in [6.45, 7) is 6.04. The van der Waals surface area contributed by atoms with Crippen LogP contribution in [0.4, 0.5) is 4.79 Å². The lowest BCUT2D eigenvalue weighted by molar-refractivity contribution is 0.0127. The molecule has 1 fully saturated rings. The van der Waals surface area contributed by atoms with Crippen molar-refractivity contribution in [2.75, 3.05) is 31.8 Å². The van der Waals surface area contributed by atoms with Crippen LogP contribution in [0.5, 0.6) is 0 Å². The summed E-state index contributed by atoms with van der Waals surface area (Å²) in [7, 11) is -1.49. The highest BCUT2D eigenvalue weighted by atomic mass is 32.2. The first kappa shape index (κ1) is 16.2. The third-order valence-electron chi connectivity index (χ3n) is 2.81. The van der Waals surface area contributed by atoms with Crippen LogP contribution in [0.2, 0.25) is 0 Å². The lowest BCUT2D eigenvalue weighted by Crippen LogP contribution is -2.45. The third kappa shape index (κ3) is 5.36. The smallest absolute Gasteiger partial charge is 0.410 e. The van der Waals surface area contributed by atoms with Crippen LogP contribution in [0.3, 0.4) is 0 Å². The molecular weight excluding hydrogens is 270 g/mol. The van der Waals surface area contributed by atoms with Gasteiger partial charge in [0.05, 0.1) is 24.2 Å². The maximum absolute atomic E-state index is 12.1. The second kappa shape index (κ2) is 6.09. The molecule has 0 aromatic carbocycles. The van der Waals surface area contributed by atoms with Crippen LogP contribution in [-0.2, 0) is 19.3 Å². The van der Waals surface area contributed by atoms with E-state index in [-0.39, 0.29) is 17.5 Å². The summed E-state index contributed by atoms with van der Waals surface area (Å²) in [5.41, 5.74) is -0.597. The summed E-state index contributed by atoms with van der Waals surface area (Å²) in [6, 6.07) is -0.310. The Morgan fingerprint density at radius 2 is 2.00 bits per heavy atom. The highest BCUT2D eigenvalue weighted by Crippen LogP contribution is 2.20. The third-order valence-corrected chi connectivity index (χ3v) is 4.56. The number of rotatable bonds is 4. The topological polar surface area (TPSA) is 72.9 Å². The first-order valence-electron chi connectivity index (χ1n) is 6.33. The Kier molecular flexibility index (Phi) is 5.20. The van der Waals surface area contributed by atoms with Gasteiger partial charge in [0.15, 0.2) is 9.84 Å². The Hall–Kier alpha value is -0.820. The second-order valence-corrected chi connectivity index (χ2v) is 7.95. The highest BCUT2D eigenvalue weighted by Gasteiger charge is 2.36. The van der Waals surface area contributed by atoms with E-state index in [1.165, 1.54) is 4.90 Å². The molecule has 0 aromatic heterocycles. The van der Waals surface area contributed by atoms with Crippen molar-refractivity contribution in [3.05, 3.63) is 0 Å². The van der Waals surface area contributed by atoms with Gasteiger partial charge in [-0.1, -0.05) is 0 Å². The van der Waals surface area contributed by atoms with Gasteiger partial charge in [-0.2, -0.15) is 0 Å². The molecule has 0 aliphatic carbocycles. The second-order valence-electron chi connectivity index (χ2n) is 5.72. The van der Waals surface area contributed by atoms with E-state index in [2.05, 4.69) is 0 Å². The summed E-state index contributed by atoms with van der Waals surface area (Å²) >= 11 is 0. The van der Waals surface area contributed by atoms with Gasteiger partial charge in [-0.05, 0) is 27.2 Å². The van der Waals surface area contributed by atoms with Gasteiger partial charge in [-0.3, -0.25) is 0 Å². The van der Waals surface area contributed by atoms with Gasteiger partial charge in [0.1, 0.15) is 5.60 Å².